The van der Waals surface area contributed by atoms with Gasteiger partial charge in [-0.05, 0) is 50.0 Å². The number of nitrogens with zero attached hydrogens (tertiary/aromatic N) is 1. The first kappa shape index (κ1) is 13.5. The molecule has 0 aliphatic carbocycles. The van der Waals surface area contributed by atoms with E-state index < -0.39 is 0 Å². The molecule has 2 unspecified atom stereocenters. The minimum absolute atomic E-state index is 0.125. The van der Waals surface area contributed by atoms with Gasteiger partial charge in [0.25, 0.3) is 0 Å². The standard InChI is InChI=1S/C15H23FN2/c1-3-17-15-9-13(10-18(2)11-15)7-12-5-4-6-14(16)8-12/h4-6,8,13,15,17H,3,7,9-11H2,1-2H3. The number of likely N-dealkylation sites (tertiary alicyclic amines) is 1. The molecule has 1 aliphatic heterocycles. The summed E-state index contributed by atoms with van der Waals surface area (Å²) in [5, 5.41) is 3.53. The molecule has 0 bridgehead atoms. The first-order valence-corrected chi connectivity index (χ1v) is 6.83. The molecule has 1 aromatic rings. The topological polar surface area (TPSA) is 15.3 Å². The zero-order valence-corrected chi connectivity index (χ0v) is 11.3. The maximum atomic E-state index is 13.2. The maximum Gasteiger partial charge on any atom is 0.123 e. The van der Waals surface area contributed by atoms with E-state index in [9.17, 15) is 4.39 Å². The highest BCUT2D eigenvalue weighted by molar-refractivity contribution is 5.17. The Morgan fingerprint density at radius 2 is 2.22 bits per heavy atom. The Hall–Kier alpha value is -0.930. The van der Waals surface area contributed by atoms with E-state index in [1.54, 1.807) is 12.1 Å². The molecule has 0 radical (unpaired) electrons. The number of benzene rings is 1. The number of hydrogen-bond acceptors (Lipinski definition) is 2. The van der Waals surface area contributed by atoms with E-state index in [1.807, 2.05) is 6.07 Å². The fourth-order valence-corrected chi connectivity index (χ4v) is 3.02. The average Bonchev–Trinajstić information content (AvgIpc) is 2.28. The van der Waals surface area contributed by atoms with Gasteiger partial charge in [0, 0.05) is 19.1 Å². The third-order valence-electron chi connectivity index (χ3n) is 3.63. The van der Waals surface area contributed by atoms with Crippen LogP contribution in [0.1, 0.15) is 18.9 Å². The molecule has 0 saturated carbocycles. The minimum atomic E-state index is -0.125. The van der Waals surface area contributed by atoms with E-state index in [4.69, 9.17) is 0 Å². The fourth-order valence-electron chi connectivity index (χ4n) is 3.02. The predicted molar refractivity (Wildman–Crippen MR) is 73.2 cm³/mol. The molecular weight excluding hydrogens is 227 g/mol. The van der Waals surface area contributed by atoms with Crippen LogP contribution in [0.15, 0.2) is 24.3 Å². The third-order valence-corrected chi connectivity index (χ3v) is 3.63. The van der Waals surface area contributed by atoms with Crippen molar-refractivity contribution in [3.05, 3.63) is 35.6 Å². The van der Waals surface area contributed by atoms with Crippen LogP contribution < -0.4 is 5.32 Å². The Bertz CT molecular complexity index is 381. The number of nitrogens with one attached hydrogen (secondary N) is 1. The number of piperidine rings is 1. The van der Waals surface area contributed by atoms with Gasteiger partial charge in [-0.15, -0.1) is 0 Å². The molecule has 1 saturated heterocycles. The first-order chi connectivity index (χ1) is 8.67. The van der Waals surface area contributed by atoms with Gasteiger partial charge in [0.1, 0.15) is 5.82 Å². The van der Waals surface area contributed by atoms with Crippen LogP contribution >= 0.6 is 0 Å². The molecule has 2 atom stereocenters. The highest BCUT2D eigenvalue weighted by atomic mass is 19.1. The van der Waals surface area contributed by atoms with E-state index in [0.29, 0.717) is 12.0 Å². The summed E-state index contributed by atoms with van der Waals surface area (Å²) in [6.07, 6.45) is 2.17. The second-order valence-corrected chi connectivity index (χ2v) is 5.41. The van der Waals surface area contributed by atoms with Crippen LogP contribution in [-0.2, 0) is 6.42 Å². The van der Waals surface area contributed by atoms with Crippen molar-refractivity contribution in [1.29, 1.82) is 0 Å². The van der Waals surface area contributed by atoms with Gasteiger partial charge in [0.2, 0.25) is 0 Å². The minimum Gasteiger partial charge on any atom is -0.313 e. The van der Waals surface area contributed by atoms with Crippen molar-refractivity contribution < 1.29 is 4.39 Å². The zero-order chi connectivity index (χ0) is 13.0. The van der Waals surface area contributed by atoms with Gasteiger partial charge < -0.3 is 10.2 Å². The van der Waals surface area contributed by atoms with Gasteiger partial charge in [-0.3, -0.25) is 0 Å². The third kappa shape index (κ3) is 3.79. The molecule has 1 aliphatic rings. The van der Waals surface area contributed by atoms with Crippen LogP contribution in [0.25, 0.3) is 0 Å². The summed E-state index contributed by atoms with van der Waals surface area (Å²) in [6, 6.07) is 7.58. The molecular formula is C15H23FN2. The molecule has 18 heavy (non-hydrogen) atoms. The number of likely N-dealkylation sites (N-methyl/N-ethyl adjacent to an activating group) is 2. The zero-order valence-electron chi connectivity index (χ0n) is 11.3. The monoisotopic (exact) mass is 250 g/mol. The van der Waals surface area contributed by atoms with Crippen molar-refractivity contribution in [1.82, 2.24) is 10.2 Å². The Morgan fingerprint density at radius 3 is 2.94 bits per heavy atom. The molecule has 2 nitrogen and oxygen atoms in total. The summed E-state index contributed by atoms with van der Waals surface area (Å²) < 4.78 is 13.2. The van der Waals surface area contributed by atoms with Crippen molar-refractivity contribution >= 4 is 0 Å². The first-order valence-electron chi connectivity index (χ1n) is 6.83. The quantitative estimate of drug-likeness (QED) is 0.882. The van der Waals surface area contributed by atoms with Crippen LogP contribution in [0.5, 0.6) is 0 Å². The lowest BCUT2D eigenvalue weighted by molar-refractivity contribution is 0.170. The Balaban J connectivity index is 1.95. The summed E-state index contributed by atoms with van der Waals surface area (Å²) in [7, 11) is 2.17. The summed E-state index contributed by atoms with van der Waals surface area (Å²) in [5.74, 6) is 0.495. The van der Waals surface area contributed by atoms with Crippen LogP contribution in [0, 0.1) is 11.7 Å². The molecule has 1 aromatic carbocycles. The average molecular weight is 250 g/mol. The summed E-state index contributed by atoms with van der Waals surface area (Å²) in [5.41, 5.74) is 1.12. The highest BCUT2D eigenvalue weighted by Gasteiger charge is 2.24. The molecule has 1 N–H and O–H groups in total. The Kier molecular flexibility index (Phi) is 4.72. The smallest absolute Gasteiger partial charge is 0.123 e. The predicted octanol–water partition coefficient (Wildman–Crippen LogP) is 2.30. The molecule has 0 amide bonds. The van der Waals surface area contributed by atoms with Crippen LogP contribution in [0.3, 0.4) is 0 Å². The molecule has 3 heteroatoms. The van der Waals surface area contributed by atoms with Gasteiger partial charge in [0.05, 0.1) is 0 Å². The van der Waals surface area contributed by atoms with Crippen LogP contribution in [0.2, 0.25) is 0 Å². The van der Waals surface area contributed by atoms with E-state index in [1.165, 1.54) is 12.5 Å². The van der Waals surface area contributed by atoms with Crippen molar-refractivity contribution in [3.8, 4) is 0 Å². The van der Waals surface area contributed by atoms with Crippen LogP contribution in [0.4, 0.5) is 4.39 Å². The molecule has 1 fully saturated rings. The van der Waals surface area contributed by atoms with Crippen molar-refractivity contribution in [2.75, 3.05) is 26.7 Å². The van der Waals surface area contributed by atoms with E-state index in [-0.39, 0.29) is 5.82 Å². The Labute approximate surface area is 109 Å². The maximum absolute atomic E-state index is 13.2. The molecule has 1 heterocycles. The van der Waals surface area contributed by atoms with Crippen molar-refractivity contribution in [2.24, 2.45) is 5.92 Å². The Morgan fingerprint density at radius 1 is 1.39 bits per heavy atom. The molecule has 2 rings (SSSR count). The highest BCUT2D eigenvalue weighted by Crippen LogP contribution is 2.20. The lowest BCUT2D eigenvalue weighted by Crippen LogP contribution is -2.48. The van der Waals surface area contributed by atoms with E-state index >= 15 is 0 Å². The van der Waals surface area contributed by atoms with Crippen LogP contribution in [-0.4, -0.2) is 37.6 Å². The number of rotatable bonds is 4. The molecule has 0 spiro atoms. The SMILES string of the molecule is CCNC1CC(Cc2cccc(F)c2)CN(C)C1. The second kappa shape index (κ2) is 6.30. The van der Waals surface area contributed by atoms with Gasteiger partial charge in [-0.2, -0.15) is 0 Å². The molecule has 100 valence electrons. The normalized spacial score (nSPS) is 25.3. The van der Waals surface area contributed by atoms with Crippen molar-refractivity contribution in [2.45, 2.75) is 25.8 Å². The van der Waals surface area contributed by atoms with Gasteiger partial charge >= 0.3 is 0 Å². The summed E-state index contributed by atoms with van der Waals surface area (Å²) in [4.78, 5) is 2.38. The van der Waals surface area contributed by atoms with Gasteiger partial charge in [-0.1, -0.05) is 19.1 Å². The van der Waals surface area contributed by atoms with Crippen molar-refractivity contribution in [3.63, 3.8) is 0 Å². The second-order valence-electron chi connectivity index (χ2n) is 5.41. The summed E-state index contributed by atoms with van der Waals surface area (Å²) in [6.45, 7) is 5.40. The largest absolute Gasteiger partial charge is 0.313 e. The lowest BCUT2D eigenvalue weighted by Gasteiger charge is -2.36. The van der Waals surface area contributed by atoms with Gasteiger partial charge in [-0.25, -0.2) is 4.39 Å². The van der Waals surface area contributed by atoms with Gasteiger partial charge in [0.15, 0.2) is 0 Å². The van der Waals surface area contributed by atoms with E-state index in [0.717, 1.165) is 31.6 Å². The lowest BCUT2D eigenvalue weighted by atomic mass is 9.89. The van der Waals surface area contributed by atoms with E-state index in [2.05, 4.69) is 24.2 Å². The number of hydrogen-bond donors (Lipinski definition) is 1. The number of halogens is 1. The fraction of sp³-hybridized carbons (Fsp3) is 0.600. The molecule has 0 aromatic heterocycles. The summed E-state index contributed by atoms with van der Waals surface area (Å²) >= 11 is 0.